The second-order valence-corrected chi connectivity index (χ2v) is 7.64. The van der Waals surface area contributed by atoms with Gasteiger partial charge in [0.15, 0.2) is 0 Å². The van der Waals surface area contributed by atoms with Gasteiger partial charge >= 0.3 is 6.18 Å². The summed E-state index contributed by atoms with van der Waals surface area (Å²) in [5, 5.41) is 0. The molecule has 0 heterocycles. The Bertz CT molecular complexity index is 854. The standard InChI is InChI=1S/C15H14BrF3N2O2S/c1-20-24(22,23)10-7-8-14(12(16)9-10)21(2)13-6-4-3-5-11(13)15(17,18)19/h3-9,20H,1-2H3. The smallest absolute Gasteiger partial charge is 0.343 e. The molecule has 4 nitrogen and oxygen atoms in total. The number of para-hydroxylation sites is 1. The summed E-state index contributed by atoms with van der Waals surface area (Å²) in [6.45, 7) is 0. The number of sulfonamides is 1. The van der Waals surface area contributed by atoms with E-state index in [2.05, 4.69) is 20.7 Å². The lowest BCUT2D eigenvalue weighted by atomic mass is 10.1. The van der Waals surface area contributed by atoms with Crippen LogP contribution in [0.2, 0.25) is 0 Å². The van der Waals surface area contributed by atoms with Crippen molar-refractivity contribution in [3.05, 3.63) is 52.5 Å². The highest BCUT2D eigenvalue weighted by Crippen LogP contribution is 2.40. The molecule has 0 saturated heterocycles. The molecule has 0 fully saturated rings. The fourth-order valence-electron chi connectivity index (χ4n) is 2.18. The van der Waals surface area contributed by atoms with E-state index in [0.717, 1.165) is 6.07 Å². The van der Waals surface area contributed by atoms with Gasteiger partial charge in [0, 0.05) is 11.5 Å². The van der Waals surface area contributed by atoms with Crippen molar-refractivity contribution in [2.75, 3.05) is 19.0 Å². The van der Waals surface area contributed by atoms with Gasteiger partial charge in [-0.2, -0.15) is 13.2 Å². The largest absolute Gasteiger partial charge is 0.418 e. The fourth-order valence-corrected chi connectivity index (χ4v) is 3.73. The molecule has 2 aromatic carbocycles. The predicted molar refractivity (Wildman–Crippen MR) is 89.9 cm³/mol. The van der Waals surface area contributed by atoms with Crippen molar-refractivity contribution in [3.8, 4) is 0 Å². The van der Waals surface area contributed by atoms with E-state index in [4.69, 9.17) is 0 Å². The zero-order valence-corrected chi connectivity index (χ0v) is 15.1. The molecule has 1 N–H and O–H groups in total. The van der Waals surface area contributed by atoms with Gasteiger partial charge in [-0.25, -0.2) is 13.1 Å². The molecule has 0 spiro atoms. The summed E-state index contributed by atoms with van der Waals surface area (Å²) in [5.41, 5.74) is -0.400. The average Bonchev–Trinajstić information content (AvgIpc) is 2.53. The van der Waals surface area contributed by atoms with Gasteiger partial charge in [-0.15, -0.1) is 0 Å². The zero-order chi connectivity index (χ0) is 18.1. The Hall–Kier alpha value is -1.58. The number of alkyl halides is 3. The predicted octanol–water partition coefficient (Wildman–Crippen LogP) is 4.14. The fraction of sp³-hybridized carbons (Fsp3) is 0.200. The first kappa shape index (κ1) is 18.8. The molecule has 2 aromatic rings. The monoisotopic (exact) mass is 422 g/mol. The highest BCUT2D eigenvalue weighted by Gasteiger charge is 2.34. The molecule has 2 rings (SSSR count). The van der Waals surface area contributed by atoms with Crippen LogP contribution in [0.15, 0.2) is 51.8 Å². The number of hydrogen-bond acceptors (Lipinski definition) is 3. The van der Waals surface area contributed by atoms with Crippen LogP contribution < -0.4 is 9.62 Å². The summed E-state index contributed by atoms with van der Waals surface area (Å²) in [6.07, 6.45) is -4.49. The van der Waals surface area contributed by atoms with Gasteiger partial charge < -0.3 is 4.90 Å². The Labute approximate surface area is 146 Å². The molecule has 0 atom stereocenters. The van der Waals surface area contributed by atoms with Gasteiger partial charge in [-0.3, -0.25) is 0 Å². The highest BCUT2D eigenvalue weighted by molar-refractivity contribution is 9.10. The van der Waals surface area contributed by atoms with Gasteiger partial charge in [-0.1, -0.05) is 12.1 Å². The van der Waals surface area contributed by atoms with Crippen LogP contribution in [0, 0.1) is 0 Å². The second kappa shape index (κ2) is 6.73. The van der Waals surface area contributed by atoms with Crippen molar-refractivity contribution in [3.63, 3.8) is 0 Å². The maximum Gasteiger partial charge on any atom is 0.418 e. The molecule has 0 saturated carbocycles. The van der Waals surface area contributed by atoms with Crippen LogP contribution in [0.25, 0.3) is 0 Å². The van der Waals surface area contributed by atoms with Crippen LogP contribution >= 0.6 is 15.9 Å². The number of hydrogen-bond donors (Lipinski definition) is 1. The third-order valence-corrected chi connectivity index (χ3v) is 5.48. The van der Waals surface area contributed by atoms with Crippen molar-refractivity contribution < 1.29 is 21.6 Å². The minimum absolute atomic E-state index is 0.0122. The zero-order valence-electron chi connectivity index (χ0n) is 12.7. The molecule has 130 valence electrons. The van der Waals surface area contributed by atoms with Gasteiger partial charge in [0.2, 0.25) is 10.0 Å². The summed E-state index contributed by atoms with van der Waals surface area (Å²) in [5.74, 6) is 0. The summed E-state index contributed by atoms with van der Waals surface area (Å²) in [6, 6.07) is 9.30. The molecule has 0 aliphatic carbocycles. The third kappa shape index (κ3) is 3.73. The van der Waals surface area contributed by atoms with E-state index in [1.54, 1.807) is 0 Å². The number of rotatable bonds is 4. The molecule has 0 aliphatic heterocycles. The van der Waals surface area contributed by atoms with E-state index in [9.17, 15) is 21.6 Å². The third-order valence-electron chi connectivity index (χ3n) is 3.43. The quantitative estimate of drug-likeness (QED) is 0.804. The Morgan fingerprint density at radius 3 is 2.25 bits per heavy atom. The van der Waals surface area contributed by atoms with Crippen LogP contribution in [0.5, 0.6) is 0 Å². The van der Waals surface area contributed by atoms with E-state index in [0.29, 0.717) is 10.2 Å². The first-order valence-electron chi connectivity index (χ1n) is 6.71. The van der Waals surface area contributed by atoms with E-state index >= 15 is 0 Å². The minimum atomic E-state index is -4.49. The number of anilines is 2. The lowest BCUT2D eigenvalue weighted by Gasteiger charge is -2.25. The van der Waals surface area contributed by atoms with Gasteiger partial charge in [-0.05, 0) is 53.3 Å². The van der Waals surface area contributed by atoms with Crippen LogP contribution in [-0.2, 0) is 16.2 Å². The first-order chi connectivity index (χ1) is 11.1. The van der Waals surface area contributed by atoms with Crippen molar-refractivity contribution >= 4 is 37.3 Å². The Morgan fingerprint density at radius 2 is 1.71 bits per heavy atom. The second-order valence-electron chi connectivity index (χ2n) is 4.89. The summed E-state index contributed by atoms with van der Waals surface area (Å²) < 4.78 is 65.6. The molecular formula is C15H14BrF3N2O2S. The topological polar surface area (TPSA) is 49.4 Å². The number of nitrogens with one attached hydrogen (secondary N) is 1. The minimum Gasteiger partial charge on any atom is -0.343 e. The van der Waals surface area contributed by atoms with E-state index < -0.39 is 21.8 Å². The molecule has 9 heteroatoms. The summed E-state index contributed by atoms with van der Waals surface area (Å²) >= 11 is 3.23. The SMILES string of the molecule is CNS(=O)(=O)c1ccc(N(C)c2ccccc2C(F)(F)F)c(Br)c1. The molecule has 0 aliphatic rings. The van der Waals surface area contributed by atoms with Crippen LogP contribution in [-0.4, -0.2) is 22.5 Å². The van der Waals surface area contributed by atoms with E-state index in [-0.39, 0.29) is 10.6 Å². The molecule has 0 unspecified atom stereocenters. The number of halogens is 4. The average molecular weight is 423 g/mol. The molecule has 0 radical (unpaired) electrons. The maximum atomic E-state index is 13.2. The van der Waals surface area contributed by atoms with Crippen molar-refractivity contribution in [2.24, 2.45) is 0 Å². The summed E-state index contributed by atoms with van der Waals surface area (Å²) in [7, 11) is -0.874. The van der Waals surface area contributed by atoms with Gasteiger partial charge in [0.05, 0.1) is 21.8 Å². The number of nitrogens with zero attached hydrogens (tertiary/aromatic N) is 1. The van der Waals surface area contributed by atoms with Crippen molar-refractivity contribution in [2.45, 2.75) is 11.1 Å². The highest BCUT2D eigenvalue weighted by atomic mass is 79.9. The van der Waals surface area contributed by atoms with Crippen molar-refractivity contribution in [1.29, 1.82) is 0 Å². The number of benzene rings is 2. The molecule has 24 heavy (non-hydrogen) atoms. The summed E-state index contributed by atoms with van der Waals surface area (Å²) in [4.78, 5) is 1.36. The van der Waals surface area contributed by atoms with Crippen LogP contribution in [0.3, 0.4) is 0 Å². The molecule has 0 aromatic heterocycles. The van der Waals surface area contributed by atoms with E-state index in [1.165, 1.54) is 55.4 Å². The lowest BCUT2D eigenvalue weighted by Crippen LogP contribution is -2.19. The van der Waals surface area contributed by atoms with Gasteiger partial charge in [0.25, 0.3) is 0 Å². The molecule has 0 bridgehead atoms. The molecule has 0 amide bonds. The normalized spacial score (nSPS) is 12.2. The Balaban J connectivity index is 2.51. The van der Waals surface area contributed by atoms with Crippen molar-refractivity contribution in [1.82, 2.24) is 4.72 Å². The van der Waals surface area contributed by atoms with Gasteiger partial charge in [0.1, 0.15) is 0 Å². The van der Waals surface area contributed by atoms with Crippen LogP contribution in [0.4, 0.5) is 24.5 Å². The van der Waals surface area contributed by atoms with Crippen LogP contribution in [0.1, 0.15) is 5.56 Å². The Morgan fingerprint density at radius 1 is 1.08 bits per heavy atom. The molecular weight excluding hydrogens is 409 g/mol. The maximum absolute atomic E-state index is 13.2. The first-order valence-corrected chi connectivity index (χ1v) is 8.98. The Kier molecular flexibility index (Phi) is 5.26. The van der Waals surface area contributed by atoms with E-state index in [1.807, 2.05) is 0 Å². The lowest BCUT2D eigenvalue weighted by molar-refractivity contribution is -0.137.